The van der Waals surface area contributed by atoms with E-state index < -0.39 is 58.6 Å². The second kappa shape index (κ2) is 7.25. The molecular formula is C25H25FO7. The van der Waals surface area contributed by atoms with Crippen molar-refractivity contribution in [3.8, 4) is 0 Å². The molecule has 174 valence electrons. The number of aliphatic hydroxyl groups is 1. The van der Waals surface area contributed by atoms with Gasteiger partial charge in [-0.2, -0.15) is 0 Å². The fourth-order valence-corrected chi connectivity index (χ4v) is 6.18. The Labute approximate surface area is 190 Å². The van der Waals surface area contributed by atoms with Gasteiger partial charge in [-0.25, -0.2) is 14.0 Å². The fourth-order valence-electron chi connectivity index (χ4n) is 6.18. The van der Waals surface area contributed by atoms with Crippen LogP contribution in [0.1, 0.15) is 49.9 Å². The van der Waals surface area contributed by atoms with Gasteiger partial charge in [0.05, 0.1) is 5.56 Å². The monoisotopic (exact) mass is 456 g/mol. The van der Waals surface area contributed by atoms with E-state index in [1.807, 2.05) is 6.92 Å². The molecule has 2 saturated carbocycles. The lowest BCUT2D eigenvalue weighted by Gasteiger charge is -2.59. The van der Waals surface area contributed by atoms with Gasteiger partial charge in [0.2, 0.25) is 0 Å². The summed E-state index contributed by atoms with van der Waals surface area (Å²) in [7, 11) is 0. The maximum atomic E-state index is 13.8. The molecule has 0 spiro atoms. The molecule has 33 heavy (non-hydrogen) atoms. The van der Waals surface area contributed by atoms with E-state index in [0.717, 1.165) is 18.6 Å². The molecule has 6 atom stereocenters. The van der Waals surface area contributed by atoms with Gasteiger partial charge in [-0.3, -0.25) is 4.79 Å². The van der Waals surface area contributed by atoms with Gasteiger partial charge >= 0.3 is 11.9 Å². The average Bonchev–Trinajstić information content (AvgIpc) is 3.03. The van der Waals surface area contributed by atoms with Gasteiger partial charge < -0.3 is 19.3 Å². The molecular weight excluding hydrogens is 431 g/mol. The standard InChI is InChI=1S/C25H25FO7/c1-12-18-21(33-22(28)14-7-9-15(26)10-8-14)25(30)11-5-4-6-16(25)24(12,3)20(27)17-19(32-18)13(2)31-23(17)29/h7-10,12,16,18,21,30H,2,4-6,11H2,1,3H3/t12-,16+,18+,21-,24-,25+/m1/s1. The number of halogens is 1. The highest BCUT2D eigenvalue weighted by molar-refractivity contribution is 6.22. The summed E-state index contributed by atoms with van der Waals surface area (Å²) in [5.74, 6) is -3.69. The van der Waals surface area contributed by atoms with E-state index in [0.29, 0.717) is 19.3 Å². The lowest BCUT2D eigenvalue weighted by atomic mass is 9.48. The summed E-state index contributed by atoms with van der Waals surface area (Å²) >= 11 is 0. The van der Waals surface area contributed by atoms with Crippen LogP contribution in [0.3, 0.4) is 0 Å². The SMILES string of the molecule is C=C1OC(=O)C2=C1O[C@@H]1[C@@H](OC(=O)c3ccc(F)cc3)[C@]3(O)CCCC[C@H]3[C@](C)(C2=O)[C@@H]1C. The van der Waals surface area contributed by atoms with Crippen molar-refractivity contribution < 1.29 is 38.1 Å². The lowest BCUT2D eigenvalue weighted by molar-refractivity contribution is -0.247. The minimum absolute atomic E-state index is 0.0596. The molecule has 2 fully saturated rings. The smallest absolute Gasteiger partial charge is 0.351 e. The molecule has 8 heteroatoms. The topological polar surface area (TPSA) is 99.1 Å². The van der Waals surface area contributed by atoms with Gasteiger partial charge in [-0.1, -0.05) is 33.3 Å². The number of carbonyl (C=O) groups is 3. The Morgan fingerprint density at radius 1 is 1.24 bits per heavy atom. The van der Waals surface area contributed by atoms with Crippen LogP contribution in [-0.2, 0) is 23.8 Å². The number of hydrogen-bond donors (Lipinski definition) is 1. The number of hydrogen-bond acceptors (Lipinski definition) is 7. The largest absolute Gasteiger partial charge is 0.481 e. The van der Waals surface area contributed by atoms with Gasteiger partial charge in [0, 0.05) is 17.3 Å². The maximum Gasteiger partial charge on any atom is 0.351 e. The zero-order chi connectivity index (χ0) is 23.7. The van der Waals surface area contributed by atoms with Gasteiger partial charge in [-0.15, -0.1) is 0 Å². The second-order valence-electron chi connectivity index (χ2n) is 9.62. The molecule has 0 radical (unpaired) electrons. The van der Waals surface area contributed by atoms with Crippen molar-refractivity contribution in [2.45, 2.75) is 57.3 Å². The van der Waals surface area contributed by atoms with Crippen molar-refractivity contribution in [3.05, 3.63) is 59.3 Å². The highest BCUT2D eigenvalue weighted by Crippen LogP contribution is 2.60. The van der Waals surface area contributed by atoms with Gasteiger partial charge in [-0.05, 0) is 37.1 Å². The summed E-state index contributed by atoms with van der Waals surface area (Å²) in [5.41, 5.74) is -2.75. The summed E-state index contributed by atoms with van der Waals surface area (Å²) in [6, 6.07) is 4.91. The number of esters is 2. The van der Waals surface area contributed by atoms with E-state index in [2.05, 4.69) is 6.58 Å². The number of cyclic esters (lactones) is 1. The third-order valence-electron chi connectivity index (χ3n) is 8.06. The molecule has 2 bridgehead atoms. The normalized spacial score (nSPS) is 37.5. The first kappa shape index (κ1) is 21.8. The van der Waals surface area contributed by atoms with Crippen LogP contribution < -0.4 is 0 Å². The van der Waals surface area contributed by atoms with Crippen molar-refractivity contribution in [2.75, 3.05) is 0 Å². The number of ether oxygens (including phenoxy) is 3. The number of fused-ring (bicyclic) bond motifs is 4. The van der Waals surface area contributed by atoms with Crippen LogP contribution in [0.2, 0.25) is 0 Å². The number of rotatable bonds is 2. The number of carbonyl (C=O) groups excluding carboxylic acids is 3. The zero-order valence-corrected chi connectivity index (χ0v) is 18.4. The molecule has 7 nitrogen and oxygen atoms in total. The van der Waals surface area contributed by atoms with Gasteiger partial charge in [0.15, 0.2) is 23.4 Å². The fraction of sp³-hybridized carbons (Fsp3) is 0.480. The molecule has 5 rings (SSSR count). The Balaban J connectivity index is 1.62. The molecule has 1 N–H and O–H groups in total. The predicted octanol–water partition coefficient (Wildman–Crippen LogP) is 3.22. The number of ketones is 1. The first-order valence-corrected chi connectivity index (χ1v) is 11.1. The van der Waals surface area contributed by atoms with E-state index in [1.54, 1.807) is 6.92 Å². The van der Waals surface area contributed by atoms with Crippen LogP contribution in [0, 0.1) is 23.1 Å². The molecule has 1 aromatic rings. The summed E-state index contributed by atoms with van der Waals surface area (Å²) < 4.78 is 30.4. The van der Waals surface area contributed by atoms with Crippen LogP contribution in [0.4, 0.5) is 4.39 Å². The van der Waals surface area contributed by atoms with E-state index in [9.17, 15) is 23.9 Å². The van der Waals surface area contributed by atoms with E-state index in [-0.39, 0.29) is 22.7 Å². The first-order chi connectivity index (χ1) is 15.6. The Morgan fingerprint density at radius 2 is 1.94 bits per heavy atom. The Morgan fingerprint density at radius 3 is 2.64 bits per heavy atom. The molecule has 0 amide bonds. The summed E-state index contributed by atoms with van der Waals surface area (Å²) in [5, 5.41) is 12.0. The minimum Gasteiger partial charge on any atom is -0.481 e. The van der Waals surface area contributed by atoms with Crippen molar-refractivity contribution in [1.82, 2.24) is 0 Å². The van der Waals surface area contributed by atoms with Crippen LogP contribution in [0.5, 0.6) is 0 Å². The molecule has 4 aliphatic rings. The van der Waals surface area contributed by atoms with E-state index >= 15 is 0 Å². The van der Waals surface area contributed by atoms with Crippen molar-refractivity contribution in [3.63, 3.8) is 0 Å². The molecule has 0 aromatic heterocycles. The van der Waals surface area contributed by atoms with Crippen LogP contribution in [0.15, 0.2) is 47.9 Å². The molecule has 0 saturated heterocycles. The third-order valence-corrected chi connectivity index (χ3v) is 8.06. The summed E-state index contributed by atoms with van der Waals surface area (Å²) in [6.45, 7) is 7.25. The van der Waals surface area contributed by atoms with E-state index in [4.69, 9.17) is 14.2 Å². The van der Waals surface area contributed by atoms with Crippen molar-refractivity contribution >= 4 is 17.7 Å². The van der Waals surface area contributed by atoms with Gasteiger partial charge in [0.1, 0.15) is 23.1 Å². The van der Waals surface area contributed by atoms with Crippen LogP contribution >= 0.6 is 0 Å². The van der Waals surface area contributed by atoms with Crippen LogP contribution in [-0.4, -0.2) is 40.6 Å². The second-order valence-corrected chi connectivity index (χ2v) is 9.62. The maximum absolute atomic E-state index is 13.8. The molecule has 2 aliphatic heterocycles. The molecule has 2 aliphatic carbocycles. The minimum atomic E-state index is -1.54. The van der Waals surface area contributed by atoms with Crippen LogP contribution in [0.25, 0.3) is 0 Å². The zero-order valence-electron chi connectivity index (χ0n) is 18.4. The lowest BCUT2D eigenvalue weighted by Crippen LogP contribution is -2.70. The van der Waals surface area contributed by atoms with Gasteiger partial charge in [0.25, 0.3) is 0 Å². The Bertz CT molecular complexity index is 1110. The predicted molar refractivity (Wildman–Crippen MR) is 112 cm³/mol. The Hall–Kier alpha value is -3.00. The highest BCUT2D eigenvalue weighted by atomic mass is 19.1. The molecule has 1 aromatic carbocycles. The first-order valence-electron chi connectivity index (χ1n) is 11.1. The number of Topliss-reactive ketones (excluding diaryl/α,β-unsaturated/α-hetero) is 1. The Kier molecular flexibility index (Phi) is 4.79. The third kappa shape index (κ3) is 2.93. The van der Waals surface area contributed by atoms with Crippen molar-refractivity contribution in [1.29, 1.82) is 0 Å². The quantitative estimate of drug-likeness (QED) is 0.539. The molecule has 2 heterocycles. The number of benzene rings is 1. The summed E-state index contributed by atoms with van der Waals surface area (Å²) in [4.78, 5) is 39.3. The summed E-state index contributed by atoms with van der Waals surface area (Å²) in [6.07, 6.45) is 0.262. The molecule has 0 unspecified atom stereocenters. The highest BCUT2D eigenvalue weighted by Gasteiger charge is 2.70. The van der Waals surface area contributed by atoms with Crippen molar-refractivity contribution in [2.24, 2.45) is 17.3 Å². The average molecular weight is 456 g/mol. The van der Waals surface area contributed by atoms with E-state index in [1.165, 1.54) is 12.1 Å².